The van der Waals surface area contributed by atoms with Crippen LogP contribution in [0.1, 0.15) is 63.5 Å². The number of amides is 1. The van der Waals surface area contributed by atoms with E-state index in [1.165, 1.54) is 22.9 Å². The molecule has 214 valence electrons. The maximum atomic E-state index is 15.2. The van der Waals surface area contributed by atoms with Crippen LogP contribution in [0.15, 0.2) is 48.5 Å². The SMILES string of the molecule is CC(O)C(=O)N1CCN(c2ccc(CN3C(C)CCC(CCCCCc4ccccc4)S3(=O)=O)c(F)c2)CC1. The Morgan fingerprint density at radius 2 is 1.74 bits per heavy atom. The molecule has 9 heteroatoms. The summed E-state index contributed by atoms with van der Waals surface area (Å²) in [5.74, 6) is -0.709. The summed E-state index contributed by atoms with van der Waals surface area (Å²) in [7, 11) is -3.52. The molecule has 2 aromatic carbocycles. The fourth-order valence-electron chi connectivity index (χ4n) is 5.70. The Bertz CT molecular complexity index is 1200. The average Bonchev–Trinajstić information content (AvgIpc) is 2.93. The first kappa shape index (κ1) is 29.5. The van der Waals surface area contributed by atoms with Gasteiger partial charge in [-0.05, 0) is 63.6 Å². The molecule has 3 unspecified atom stereocenters. The molecule has 2 saturated heterocycles. The molecule has 1 N–H and O–H groups in total. The molecule has 2 aromatic rings. The molecular formula is C30H42FN3O4S. The summed E-state index contributed by atoms with van der Waals surface area (Å²) in [4.78, 5) is 15.6. The standard InChI is InChI=1S/C30H42FN3O4S/c1-23-13-16-28(12-8-4-7-11-25-9-5-3-6-10-25)39(37,38)34(23)22-26-14-15-27(21-29(26)31)32-17-19-33(20-18-32)30(36)24(2)35/h3,5-6,9-10,14-15,21,23-24,28,35H,4,7-8,11-13,16-20,22H2,1-2H3. The van der Waals surface area contributed by atoms with Crippen molar-refractivity contribution in [3.63, 3.8) is 0 Å². The summed E-state index contributed by atoms with van der Waals surface area (Å²) in [5.41, 5.74) is 2.40. The summed E-state index contributed by atoms with van der Waals surface area (Å²) in [6.45, 7) is 5.42. The number of halogens is 1. The molecule has 2 aliphatic rings. The van der Waals surface area contributed by atoms with Gasteiger partial charge in [-0.3, -0.25) is 4.79 Å². The van der Waals surface area contributed by atoms with Gasteiger partial charge in [0.15, 0.2) is 0 Å². The predicted octanol–water partition coefficient (Wildman–Crippen LogP) is 4.34. The molecule has 4 rings (SSSR count). The molecule has 0 saturated carbocycles. The van der Waals surface area contributed by atoms with E-state index in [9.17, 15) is 18.3 Å². The second kappa shape index (κ2) is 13.2. The number of unbranched alkanes of at least 4 members (excludes halogenated alkanes) is 2. The van der Waals surface area contributed by atoms with E-state index in [1.807, 2.05) is 36.1 Å². The van der Waals surface area contributed by atoms with Crippen LogP contribution in [-0.2, 0) is 27.8 Å². The van der Waals surface area contributed by atoms with E-state index in [0.717, 1.165) is 32.1 Å². The molecule has 39 heavy (non-hydrogen) atoms. The number of piperazine rings is 1. The molecule has 0 radical (unpaired) electrons. The average molecular weight is 560 g/mol. The zero-order chi connectivity index (χ0) is 28.0. The zero-order valence-corrected chi connectivity index (χ0v) is 24.0. The Hall–Kier alpha value is -2.49. The van der Waals surface area contributed by atoms with Crippen LogP contribution < -0.4 is 4.90 Å². The summed E-state index contributed by atoms with van der Waals surface area (Å²) in [6.07, 6.45) is 4.97. The molecule has 7 nitrogen and oxygen atoms in total. The first-order chi connectivity index (χ1) is 18.7. The number of rotatable bonds is 10. The molecule has 0 bridgehead atoms. The number of carbonyl (C=O) groups is 1. The number of aryl methyl sites for hydroxylation is 1. The molecular weight excluding hydrogens is 517 g/mol. The van der Waals surface area contributed by atoms with Gasteiger partial charge >= 0.3 is 0 Å². The van der Waals surface area contributed by atoms with Crippen LogP contribution in [0.3, 0.4) is 0 Å². The van der Waals surface area contributed by atoms with Gasteiger partial charge in [-0.15, -0.1) is 0 Å². The van der Waals surface area contributed by atoms with Crippen molar-refractivity contribution in [2.75, 3.05) is 31.1 Å². The largest absolute Gasteiger partial charge is 0.384 e. The van der Waals surface area contributed by atoms with Crippen LogP contribution in [0.25, 0.3) is 0 Å². The van der Waals surface area contributed by atoms with Crippen molar-refractivity contribution in [2.24, 2.45) is 0 Å². The minimum absolute atomic E-state index is 0.0385. The Morgan fingerprint density at radius 3 is 2.41 bits per heavy atom. The fourth-order valence-corrected chi connectivity index (χ4v) is 7.91. The highest BCUT2D eigenvalue weighted by molar-refractivity contribution is 7.89. The van der Waals surface area contributed by atoms with E-state index < -0.39 is 27.2 Å². The Morgan fingerprint density at radius 1 is 1.03 bits per heavy atom. The normalized spacial score (nSPS) is 22.6. The van der Waals surface area contributed by atoms with E-state index in [1.54, 1.807) is 11.0 Å². The van der Waals surface area contributed by atoms with Gasteiger partial charge in [0.05, 0.1) is 5.25 Å². The van der Waals surface area contributed by atoms with Gasteiger partial charge in [0.25, 0.3) is 5.91 Å². The van der Waals surface area contributed by atoms with Crippen LogP contribution in [0.5, 0.6) is 0 Å². The number of anilines is 1. The number of carbonyl (C=O) groups excluding carboxylic acids is 1. The van der Waals surface area contributed by atoms with Gasteiger partial charge in [-0.2, -0.15) is 4.31 Å². The van der Waals surface area contributed by atoms with E-state index in [-0.39, 0.29) is 18.5 Å². The van der Waals surface area contributed by atoms with Crippen LogP contribution in [-0.4, -0.2) is 72.2 Å². The Kier molecular flexibility index (Phi) is 10.0. The van der Waals surface area contributed by atoms with Crippen molar-refractivity contribution < 1.29 is 22.7 Å². The van der Waals surface area contributed by atoms with Gasteiger partial charge in [-0.25, -0.2) is 12.8 Å². The quantitative estimate of drug-likeness (QED) is 0.438. The van der Waals surface area contributed by atoms with Crippen molar-refractivity contribution in [1.82, 2.24) is 9.21 Å². The summed E-state index contributed by atoms with van der Waals surface area (Å²) >= 11 is 0. The molecule has 0 spiro atoms. The maximum absolute atomic E-state index is 15.2. The highest BCUT2D eigenvalue weighted by Crippen LogP contribution is 2.32. The van der Waals surface area contributed by atoms with E-state index in [0.29, 0.717) is 50.3 Å². The first-order valence-corrected chi connectivity index (χ1v) is 15.7. The van der Waals surface area contributed by atoms with Crippen molar-refractivity contribution in [1.29, 1.82) is 0 Å². The van der Waals surface area contributed by atoms with Gasteiger partial charge in [0.2, 0.25) is 10.0 Å². The lowest BCUT2D eigenvalue weighted by Crippen LogP contribution is -2.51. The lowest BCUT2D eigenvalue weighted by molar-refractivity contribution is -0.139. The van der Waals surface area contributed by atoms with Crippen molar-refractivity contribution in [2.45, 2.75) is 82.7 Å². The summed E-state index contributed by atoms with van der Waals surface area (Å²) in [6, 6.07) is 15.2. The van der Waals surface area contributed by atoms with Crippen molar-refractivity contribution in [3.8, 4) is 0 Å². The molecule has 2 heterocycles. The third-order valence-electron chi connectivity index (χ3n) is 8.16. The third kappa shape index (κ3) is 7.38. The smallest absolute Gasteiger partial charge is 0.251 e. The molecule has 2 fully saturated rings. The number of aliphatic hydroxyl groups is 1. The first-order valence-electron chi connectivity index (χ1n) is 14.2. The second-order valence-corrected chi connectivity index (χ2v) is 13.2. The lowest BCUT2D eigenvalue weighted by Gasteiger charge is -2.38. The van der Waals surface area contributed by atoms with Gasteiger partial charge in [0.1, 0.15) is 11.9 Å². The van der Waals surface area contributed by atoms with Crippen LogP contribution in [0.4, 0.5) is 10.1 Å². The Labute approximate surface area is 232 Å². The predicted molar refractivity (Wildman–Crippen MR) is 152 cm³/mol. The van der Waals surface area contributed by atoms with E-state index in [2.05, 4.69) is 12.1 Å². The maximum Gasteiger partial charge on any atom is 0.251 e. The molecule has 1 amide bonds. The third-order valence-corrected chi connectivity index (χ3v) is 10.6. The second-order valence-electron chi connectivity index (χ2n) is 11.0. The number of hydrogen-bond acceptors (Lipinski definition) is 5. The van der Waals surface area contributed by atoms with E-state index in [4.69, 9.17) is 0 Å². The van der Waals surface area contributed by atoms with E-state index >= 15 is 4.39 Å². The van der Waals surface area contributed by atoms with Gasteiger partial charge < -0.3 is 14.9 Å². The fraction of sp³-hybridized carbons (Fsp3) is 0.567. The minimum atomic E-state index is -3.52. The number of benzene rings is 2. The van der Waals surface area contributed by atoms with Gasteiger partial charge in [-0.1, -0.05) is 49.2 Å². The molecule has 2 aliphatic heterocycles. The zero-order valence-electron chi connectivity index (χ0n) is 23.1. The number of sulfonamides is 1. The summed E-state index contributed by atoms with van der Waals surface area (Å²) in [5, 5.41) is 9.12. The highest BCUT2D eigenvalue weighted by Gasteiger charge is 2.39. The minimum Gasteiger partial charge on any atom is -0.384 e. The van der Waals surface area contributed by atoms with Crippen molar-refractivity contribution >= 4 is 21.6 Å². The van der Waals surface area contributed by atoms with Crippen LogP contribution >= 0.6 is 0 Å². The van der Waals surface area contributed by atoms with Crippen LogP contribution in [0, 0.1) is 5.82 Å². The monoisotopic (exact) mass is 559 g/mol. The molecule has 0 aliphatic carbocycles. The topological polar surface area (TPSA) is 81.2 Å². The summed E-state index contributed by atoms with van der Waals surface area (Å²) < 4.78 is 43.8. The van der Waals surface area contributed by atoms with Crippen molar-refractivity contribution in [3.05, 3.63) is 65.5 Å². The number of hydrogen-bond donors (Lipinski definition) is 1. The number of aliphatic hydroxyl groups excluding tert-OH is 1. The Balaban J connectivity index is 1.32. The van der Waals surface area contributed by atoms with Crippen LogP contribution in [0.2, 0.25) is 0 Å². The number of nitrogens with zero attached hydrogens (tertiary/aromatic N) is 3. The highest BCUT2D eigenvalue weighted by atomic mass is 32.2. The molecule has 3 atom stereocenters. The molecule has 0 aromatic heterocycles. The lowest BCUT2D eigenvalue weighted by atomic mass is 10.0. The van der Waals surface area contributed by atoms with Gasteiger partial charge in [0, 0.05) is 50.0 Å².